The minimum Gasteiger partial charge on any atom is -0.493 e. The Morgan fingerprint density at radius 2 is 1.56 bits per heavy atom. The molecule has 3 aromatic rings. The van der Waals surface area contributed by atoms with Crippen LogP contribution in [0.2, 0.25) is 0 Å². The van der Waals surface area contributed by atoms with Crippen LogP contribution in [0.4, 0.5) is 18.0 Å². The summed E-state index contributed by atoms with van der Waals surface area (Å²) in [7, 11) is -2.60. The van der Waals surface area contributed by atoms with Crippen molar-refractivity contribution in [1.29, 1.82) is 5.26 Å². The van der Waals surface area contributed by atoms with Crippen LogP contribution in [0, 0.1) is 18.3 Å². The number of aryl methyl sites for hydroxylation is 1. The van der Waals surface area contributed by atoms with Crippen LogP contribution >= 0.6 is 11.8 Å². The van der Waals surface area contributed by atoms with Gasteiger partial charge in [-0.3, -0.25) is 18.7 Å². The molecule has 1 fully saturated rings. The van der Waals surface area contributed by atoms with Crippen molar-refractivity contribution < 1.29 is 54.3 Å². The molecule has 1 heterocycles. The van der Waals surface area contributed by atoms with Crippen LogP contribution < -0.4 is 9.47 Å². The van der Waals surface area contributed by atoms with E-state index >= 15 is 0 Å². The molecule has 16 heteroatoms. The van der Waals surface area contributed by atoms with Gasteiger partial charge in [0.2, 0.25) is 0 Å². The van der Waals surface area contributed by atoms with E-state index in [1.165, 1.54) is 49.6 Å². The van der Waals surface area contributed by atoms with Crippen molar-refractivity contribution in [2.24, 2.45) is 0 Å². The Hall–Kier alpha value is -4.40. The summed E-state index contributed by atoms with van der Waals surface area (Å²) in [5.74, 6) is -1.06. The lowest BCUT2D eigenvalue weighted by Gasteiger charge is -2.16. The Morgan fingerprint density at radius 1 is 0.896 bits per heavy atom. The number of halogens is 3. The number of thioether (sulfide) groups is 1. The number of benzene rings is 3. The van der Waals surface area contributed by atoms with E-state index in [9.17, 15) is 31.2 Å². The zero-order valence-corrected chi connectivity index (χ0v) is 27.2. The van der Waals surface area contributed by atoms with E-state index in [0.717, 1.165) is 16.5 Å². The number of nitriles is 1. The maximum Gasteiger partial charge on any atom is 0.420 e. The van der Waals surface area contributed by atoms with Crippen LogP contribution in [0.1, 0.15) is 22.3 Å². The number of methoxy groups -OCH3 is 1. The first-order valence-corrected chi connectivity index (χ1v) is 16.4. The second kappa shape index (κ2) is 16.1. The van der Waals surface area contributed by atoms with Gasteiger partial charge in [0.05, 0.1) is 73.7 Å². The second-order valence-electron chi connectivity index (χ2n) is 9.98. The number of carbonyl (C=O) groups is 2. The van der Waals surface area contributed by atoms with E-state index < -0.39 is 38.8 Å². The summed E-state index contributed by atoms with van der Waals surface area (Å²) in [6, 6.07) is 15.1. The van der Waals surface area contributed by atoms with Crippen molar-refractivity contribution in [3.8, 4) is 23.3 Å². The summed E-state index contributed by atoms with van der Waals surface area (Å²) >= 11 is 0.715. The number of alkyl halides is 3. The molecule has 0 aromatic heterocycles. The molecule has 0 unspecified atom stereocenters. The average molecular weight is 707 g/mol. The molecule has 2 amide bonds. The largest absolute Gasteiger partial charge is 0.493 e. The monoisotopic (exact) mass is 706 g/mol. The van der Waals surface area contributed by atoms with Crippen LogP contribution in [0.25, 0.3) is 6.08 Å². The average Bonchev–Trinajstić information content (AvgIpc) is 3.31. The molecule has 3 aromatic carbocycles. The van der Waals surface area contributed by atoms with Crippen molar-refractivity contribution in [1.82, 2.24) is 4.90 Å². The highest BCUT2D eigenvalue weighted by molar-refractivity contribution is 8.18. The third-order valence-corrected chi connectivity index (χ3v) is 8.83. The number of carbonyl (C=O) groups excluding carboxylic acids is 2. The van der Waals surface area contributed by atoms with Crippen LogP contribution in [0.15, 0.2) is 70.5 Å². The van der Waals surface area contributed by atoms with Crippen molar-refractivity contribution >= 4 is 39.1 Å². The quantitative estimate of drug-likeness (QED) is 0.102. The molecule has 0 bridgehead atoms. The van der Waals surface area contributed by atoms with E-state index in [0.29, 0.717) is 23.4 Å². The third-order valence-electron chi connectivity index (χ3n) is 6.60. The Kier molecular flexibility index (Phi) is 12.2. The van der Waals surface area contributed by atoms with Crippen molar-refractivity contribution in [3.05, 3.63) is 87.8 Å². The van der Waals surface area contributed by atoms with Gasteiger partial charge >= 0.3 is 6.18 Å². The topological polar surface area (TPSA) is 141 Å². The minimum atomic E-state index is -4.78. The van der Waals surface area contributed by atoms with Gasteiger partial charge in [-0.05, 0) is 72.8 Å². The predicted octanol–water partition coefficient (Wildman–Crippen LogP) is 6.16. The maximum absolute atomic E-state index is 13.6. The first-order chi connectivity index (χ1) is 22.8. The van der Waals surface area contributed by atoms with Crippen molar-refractivity contribution in [2.75, 3.05) is 46.7 Å². The zero-order chi connectivity index (χ0) is 34.9. The minimum absolute atomic E-state index is 0.00423. The number of amides is 2. The normalized spacial score (nSPS) is 14.4. The number of ether oxygens (including phenoxy) is 4. The molecule has 0 spiro atoms. The first-order valence-electron chi connectivity index (χ1n) is 14.2. The number of nitrogens with zero attached hydrogens (tertiary/aromatic N) is 2. The Balaban J connectivity index is 1.24. The highest BCUT2D eigenvalue weighted by atomic mass is 32.2. The third kappa shape index (κ3) is 9.58. The molecule has 1 saturated heterocycles. The fraction of sp³-hybridized carbons (Fsp3) is 0.281. The molecule has 48 heavy (non-hydrogen) atoms. The summed E-state index contributed by atoms with van der Waals surface area (Å²) < 4.78 is 91.5. The number of rotatable bonds is 15. The van der Waals surface area contributed by atoms with Crippen LogP contribution in [-0.4, -0.2) is 71.2 Å². The van der Waals surface area contributed by atoms with E-state index in [-0.39, 0.29) is 66.4 Å². The maximum atomic E-state index is 13.6. The lowest BCUT2D eigenvalue weighted by Crippen LogP contribution is -2.31. The summed E-state index contributed by atoms with van der Waals surface area (Å²) in [6.45, 7) is 1.91. The highest BCUT2D eigenvalue weighted by Gasteiger charge is 2.36. The molecule has 1 aliphatic heterocycles. The van der Waals surface area contributed by atoms with Gasteiger partial charge in [-0.1, -0.05) is 23.8 Å². The summed E-state index contributed by atoms with van der Waals surface area (Å²) in [4.78, 5) is 26.6. The van der Waals surface area contributed by atoms with Crippen molar-refractivity contribution in [2.45, 2.75) is 18.0 Å². The molecule has 11 nitrogen and oxygen atoms in total. The van der Waals surface area contributed by atoms with Gasteiger partial charge in [0.15, 0.2) is 11.5 Å². The number of hydrogen-bond donors (Lipinski definition) is 0. The van der Waals surface area contributed by atoms with Crippen LogP contribution in [0.5, 0.6) is 17.2 Å². The van der Waals surface area contributed by atoms with E-state index in [1.807, 2.05) is 6.92 Å². The number of imide groups is 1. The second-order valence-corrected chi connectivity index (χ2v) is 12.6. The molecule has 4 rings (SSSR count). The Morgan fingerprint density at radius 3 is 2.23 bits per heavy atom. The van der Waals surface area contributed by atoms with Crippen molar-refractivity contribution in [3.63, 3.8) is 0 Å². The van der Waals surface area contributed by atoms with Gasteiger partial charge < -0.3 is 18.9 Å². The first kappa shape index (κ1) is 36.4. The summed E-state index contributed by atoms with van der Waals surface area (Å²) in [6.07, 6.45) is -3.34. The lowest BCUT2D eigenvalue weighted by molar-refractivity contribution is -0.138. The zero-order valence-electron chi connectivity index (χ0n) is 25.6. The van der Waals surface area contributed by atoms with Gasteiger partial charge in [0.25, 0.3) is 21.3 Å². The molecule has 1 aliphatic rings. The van der Waals surface area contributed by atoms with Crippen LogP contribution in [0.3, 0.4) is 0 Å². The molecular weight excluding hydrogens is 677 g/mol. The Labute approximate surface area is 278 Å². The van der Waals surface area contributed by atoms with Gasteiger partial charge in [-0.25, -0.2) is 0 Å². The molecule has 0 atom stereocenters. The SMILES string of the molecule is COc1cc(/C=C2/SC(=O)N(CCOCCOCCOS(=O)(=O)c3ccc(C)cc3)C2=O)ccc1Oc1ccc(C#N)cc1C(F)(F)F. The van der Waals surface area contributed by atoms with Gasteiger partial charge in [-0.2, -0.15) is 26.9 Å². The fourth-order valence-corrected chi connectivity index (χ4v) is 5.94. The standard InChI is InChI=1S/C32H29F3N2O9S2/c1-21-3-7-24(8-4-21)48(40,41)45-16-15-44-14-13-43-12-11-37-30(38)29(47-31(37)39)19-22-5-10-27(28(18-22)42-2)46-26-9-6-23(20-36)17-25(26)32(33,34)35/h3-10,17-19H,11-16H2,1-2H3/b29-19+. The molecule has 0 radical (unpaired) electrons. The Bertz CT molecular complexity index is 1820. The molecule has 0 saturated carbocycles. The predicted molar refractivity (Wildman–Crippen MR) is 168 cm³/mol. The fourth-order valence-electron chi connectivity index (χ4n) is 4.18. The van der Waals surface area contributed by atoms with E-state index in [1.54, 1.807) is 18.2 Å². The van der Waals surface area contributed by atoms with Gasteiger partial charge in [0, 0.05) is 0 Å². The van der Waals surface area contributed by atoms with E-state index in [2.05, 4.69) is 0 Å². The smallest absolute Gasteiger partial charge is 0.420 e. The highest BCUT2D eigenvalue weighted by Crippen LogP contribution is 2.41. The summed E-state index contributed by atoms with van der Waals surface area (Å²) in [5.41, 5.74) is 0.0269. The molecule has 0 aliphatic carbocycles. The van der Waals surface area contributed by atoms with Gasteiger partial charge in [-0.15, -0.1) is 0 Å². The number of hydrogen-bond acceptors (Lipinski definition) is 11. The van der Waals surface area contributed by atoms with E-state index in [4.69, 9.17) is 28.4 Å². The molecule has 254 valence electrons. The molecule has 0 N–H and O–H groups in total. The molecular formula is C32H29F3N2O9S2. The van der Waals surface area contributed by atoms with Crippen LogP contribution in [-0.2, 0) is 34.7 Å². The lowest BCUT2D eigenvalue weighted by atomic mass is 10.1. The summed E-state index contributed by atoms with van der Waals surface area (Å²) in [5, 5.41) is 8.47. The van der Waals surface area contributed by atoms with Gasteiger partial charge in [0.1, 0.15) is 5.75 Å².